The first kappa shape index (κ1) is 15.8. The summed E-state index contributed by atoms with van der Waals surface area (Å²) in [7, 11) is 0. The lowest BCUT2D eigenvalue weighted by Crippen LogP contribution is -2.59. The van der Waals surface area contributed by atoms with Crippen molar-refractivity contribution in [3.8, 4) is 0 Å². The van der Waals surface area contributed by atoms with Crippen molar-refractivity contribution in [3.05, 3.63) is 0 Å². The van der Waals surface area contributed by atoms with E-state index in [1.54, 1.807) is 0 Å². The van der Waals surface area contributed by atoms with Crippen LogP contribution in [0, 0.1) is 5.41 Å². The van der Waals surface area contributed by atoms with E-state index in [2.05, 4.69) is 37.9 Å². The molecule has 1 heterocycles. The average molecular weight is 294 g/mol. The second-order valence-electron chi connectivity index (χ2n) is 9.13. The van der Waals surface area contributed by atoms with E-state index >= 15 is 0 Å². The molecule has 3 fully saturated rings. The third-order valence-corrected chi connectivity index (χ3v) is 5.33. The molecule has 2 saturated carbocycles. The van der Waals surface area contributed by atoms with E-state index in [9.17, 15) is 0 Å². The number of rotatable bonds is 5. The van der Waals surface area contributed by atoms with E-state index in [0.29, 0.717) is 5.41 Å². The number of hydrogen-bond donors (Lipinski definition) is 1. The number of nitrogens with one attached hydrogen (secondary N) is 1. The summed E-state index contributed by atoms with van der Waals surface area (Å²) in [5.74, 6) is 0. The summed E-state index contributed by atoms with van der Waals surface area (Å²) in [4.78, 5) is 2.68. The van der Waals surface area contributed by atoms with Crippen LogP contribution in [-0.4, -0.2) is 48.3 Å². The van der Waals surface area contributed by atoms with Crippen LogP contribution < -0.4 is 5.32 Å². The number of morpholine rings is 1. The molecule has 0 aromatic heterocycles. The minimum Gasteiger partial charge on any atom is -0.367 e. The van der Waals surface area contributed by atoms with Gasteiger partial charge in [-0.3, -0.25) is 4.90 Å². The zero-order chi connectivity index (χ0) is 15.1. The van der Waals surface area contributed by atoms with Gasteiger partial charge in [0.2, 0.25) is 0 Å². The molecule has 0 atom stereocenters. The van der Waals surface area contributed by atoms with Crippen LogP contribution in [0.25, 0.3) is 0 Å². The van der Waals surface area contributed by atoms with Crippen LogP contribution in [0.15, 0.2) is 0 Å². The maximum absolute atomic E-state index is 6.24. The molecular weight excluding hydrogens is 260 g/mol. The first-order valence-electron chi connectivity index (χ1n) is 8.94. The van der Waals surface area contributed by atoms with Crippen LogP contribution in [0.2, 0.25) is 0 Å². The Labute approximate surface area is 130 Å². The molecule has 0 aromatic carbocycles. The van der Waals surface area contributed by atoms with Crippen molar-refractivity contribution in [2.24, 2.45) is 5.41 Å². The smallest absolute Gasteiger partial charge is 0.0760 e. The first-order chi connectivity index (χ1) is 9.78. The van der Waals surface area contributed by atoms with Crippen molar-refractivity contribution >= 4 is 0 Å². The predicted octanol–water partition coefficient (Wildman–Crippen LogP) is 3.19. The Kier molecular flexibility index (Phi) is 4.13. The van der Waals surface area contributed by atoms with Gasteiger partial charge < -0.3 is 10.1 Å². The molecule has 3 heteroatoms. The van der Waals surface area contributed by atoms with Gasteiger partial charge in [-0.25, -0.2) is 0 Å². The molecular formula is C18H34N2O. The maximum atomic E-state index is 6.24. The summed E-state index contributed by atoms with van der Waals surface area (Å²) in [6.07, 6.45) is 8.45. The van der Waals surface area contributed by atoms with Crippen molar-refractivity contribution in [3.63, 3.8) is 0 Å². The molecule has 0 unspecified atom stereocenters. The fourth-order valence-corrected chi connectivity index (χ4v) is 4.70. The fraction of sp³-hybridized carbons (Fsp3) is 1.00. The van der Waals surface area contributed by atoms with Gasteiger partial charge in [0.25, 0.3) is 0 Å². The van der Waals surface area contributed by atoms with E-state index in [4.69, 9.17) is 4.74 Å². The lowest BCUT2D eigenvalue weighted by Gasteiger charge is -2.49. The molecule has 3 rings (SSSR count). The number of ether oxygens (including phenoxy) is 1. The number of nitrogens with zero attached hydrogens (tertiary/aromatic N) is 1. The molecule has 1 aliphatic heterocycles. The summed E-state index contributed by atoms with van der Waals surface area (Å²) >= 11 is 0. The first-order valence-corrected chi connectivity index (χ1v) is 8.94. The monoisotopic (exact) mass is 294 g/mol. The summed E-state index contributed by atoms with van der Waals surface area (Å²) < 4.78 is 6.24. The van der Waals surface area contributed by atoms with E-state index in [1.165, 1.54) is 51.6 Å². The van der Waals surface area contributed by atoms with Crippen LogP contribution >= 0.6 is 0 Å². The highest BCUT2D eigenvalue weighted by Crippen LogP contribution is 2.40. The molecule has 0 spiro atoms. The lowest BCUT2D eigenvalue weighted by molar-refractivity contribution is -0.184. The summed E-state index contributed by atoms with van der Waals surface area (Å²) in [6.45, 7) is 13.6. The Hall–Kier alpha value is -0.120. The third kappa shape index (κ3) is 4.20. The van der Waals surface area contributed by atoms with Gasteiger partial charge in [-0.05, 0) is 58.8 Å². The molecule has 122 valence electrons. The summed E-state index contributed by atoms with van der Waals surface area (Å²) in [5, 5.41) is 3.81. The highest BCUT2D eigenvalue weighted by atomic mass is 16.5. The molecule has 2 aliphatic carbocycles. The van der Waals surface area contributed by atoms with Gasteiger partial charge in [0.05, 0.1) is 11.2 Å². The standard InChI is InChI=1S/C18H34N2O/c1-16(2)12-20(13-17(3,4)21-16)14-18(9-5-6-10-18)11-19-15-7-8-15/h15,19H,5-14H2,1-4H3. The molecule has 0 aromatic rings. The minimum absolute atomic E-state index is 0.0224. The molecule has 1 saturated heterocycles. The Morgan fingerprint density at radius 2 is 1.57 bits per heavy atom. The van der Waals surface area contributed by atoms with Gasteiger partial charge in [-0.2, -0.15) is 0 Å². The number of hydrogen-bond acceptors (Lipinski definition) is 3. The maximum Gasteiger partial charge on any atom is 0.0760 e. The fourth-order valence-electron chi connectivity index (χ4n) is 4.70. The van der Waals surface area contributed by atoms with Crippen LogP contribution in [0.1, 0.15) is 66.2 Å². The Bertz CT molecular complexity index is 351. The zero-order valence-electron chi connectivity index (χ0n) is 14.5. The second kappa shape index (κ2) is 5.50. The quantitative estimate of drug-likeness (QED) is 0.843. The largest absolute Gasteiger partial charge is 0.367 e. The highest BCUT2D eigenvalue weighted by molar-refractivity contribution is 4.96. The van der Waals surface area contributed by atoms with Crippen LogP contribution in [0.5, 0.6) is 0 Å². The molecule has 0 amide bonds. The van der Waals surface area contributed by atoms with Crippen molar-refractivity contribution < 1.29 is 4.74 Å². The van der Waals surface area contributed by atoms with E-state index in [1.807, 2.05) is 0 Å². The Balaban J connectivity index is 1.64. The Morgan fingerprint density at radius 1 is 1.00 bits per heavy atom. The van der Waals surface area contributed by atoms with Crippen molar-refractivity contribution in [1.29, 1.82) is 0 Å². The van der Waals surface area contributed by atoms with E-state index < -0.39 is 0 Å². The highest BCUT2D eigenvalue weighted by Gasteiger charge is 2.43. The minimum atomic E-state index is -0.0224. The zero-order valence-corrected chi connectivity index (χ0v) is 14.5. The third-order valence-electron chi connectivity index (χ3n) is 5.33. The molecule has 1 N–H and O–H groups in total. The van der Waals surface area contributed by atoms with Gasteiger partial charge in [0, 0.05) is 32.2 Å². The van der Waals surface area contributed by atoms with Crippen LogP contribution in [0.4, 0.5) is 0 Å². The van der Waals surface area contributed by atoms with E-state index in [-0.39, 0.29) is 11.2 Å². The molecule has 0 bridgehead atoms. The van der Waals surface area contributed by atoms with Gasteiger partial charge >= 0.3 is 0 Å². The predicted molar refractivity (Wildman–Crippen MR) is 87.6 cm³/mol. The normalized spacial score (nSPS) is 31.4. The van der Waals surface area contributed by atoms with Crippen molar-refractivity contribution in [2.45, 2.75) is 83.5 Å². The topological polar surface area (TPSA) is 24.5 Å². The molecule has 21 heavy (non-hydrogen) atoms. The van der Waals surface area contributed by atoms with Gasteiger partial charge in [0.15, 0.2) is 0 Å². The van der Waals surface area contributed by atoms with Gasteiger partial charge in [0.1, 0.15) is 0 Å². The summed E-state index contributed by atoms with van der Waals surface area (Å²) in [6, 6.07) is 0.833. The lowest BCUT2D eigenvalue weighted by atomic mass is 9.84. The summed E-state index contributed by atoms with van der Waals surface area (Å²) in [5.41, 5.74) is 0.475. The van der Waals surface area contributed by atoms with Crippen LogP contribution in [-0.2, 0) is 4.74 Å². The van der Waals surface area contributed by atoms with Crippen molar-refractivity contribution in [1.82, 2.24) is 10.2 Å². The SMILES string of the molecule is CC1(C)CN(CC2(CNC3CC3)CCCC2)CC(C)(C)O1. The van der Waals surface area contributed by atoms with E-state index in [0.717, 1.165) is 19.1 Å². The molecule has 0 radical (unpaired) electrons. The van der Waals surface area contributed by atoms with Gasteiger partial charge in [-0.15, -0.1) is 0 Å². The molecule has 3 aliphatic rings. The average Bonchev–Trinajstić information content (AvgIpc) is 3.04. The second-order valence-corrected chi connectivity index (χ2v) is 9.13. The van der Waals surface area contributed by atoms with Crippen LogP contribution in [0.3, 0.4) is 0 Å². The van der Waals surface area contributed by atoms with Gasteiger partial charge in [-0.1, -0.05) is 12.8 Å². The van der Waals surface area contributed by atoms with Crippen molar-refractivity contribution in [2.75, 3.05) is 26.2 Å². The molecule has 3 nitrogen and oxygen atoms in total. The Morgan fingerprint density at radius 3 is 2.10 bits per heavy atom.